The fraction of sp³-hybridized carbons (Fsp3) is 0.174. The standard InChI is InChI=1S/C23H16F3N3O3/c1-28-20-17(21(31)29(2)22(28)32)15(11-6-5-7-12(10-11)23(24,25)26)16-18(27-20)13-8-3-4-9-14(13)19(16)30/h3-10,15,27H,1-2H3. The van der Waals surface area contributed by atoms with E-state index in [1.165, 1.54) is 30.8 Å². The van der Waals surface area contributed by atoms with E-state index in [9.17, 15) is 27.6 Å². The lowest BCUT2D eigenvalue weighted by molar-refractivity contribution is -0.137. The summed E-state index contributed by atoms with van der Waals surface area (Å²) in [6, 6.07) is 11.4. The van der Waals surface area contributed by atoms with Crippen LogP contribution in [0.4, 0.5) is 19.0 Å². The van der Waals surface area contributed by atoms with Gasteiger partial charge in [-0.1, -0.05) is 42.5 Å². The highest BCUT2D eigenvalue weighted by Crippen LogP contribution is 2.48. The summed E-state index contributed by atoms with van der Waals surface area (Å²) in [5.74, 6) is -1.29. The smallest absolute Gasteiger partial charge is 0.340 e. The van der Waals surface area contributed by atoms with Gasteiger partial charge in [0.05, 0.1) is 16.8 Å². The molecule has 32 heavy (non-hydrogen) atoms. The molecule has 1 N–H and O–H groups in total. The molecule has 2 aliphatic rings. The molecule has 0 fully saturated rings. The van der Waals surface area contributed by atoms with E-state index in [1.807, 2.05) is 0 Å². The molecule has 0 bridgehead atoms. The molecule has 0 saturated heterocycles. The third kappa shape index (κ3) is 2.63. The number of nitrogens with zero attached hydrogens (tertiary/aromatic N) is 2. The Kier molecular flexibility index (Phi) is 4.11. The Morgan fingerprint density at radius 3 is 2.28 bits per heavy atom. The second kappa shape index (κ2) is 6.56. The van der Waals surface area contributed by atoms with Gasteiger partial charge in [0, 0.05) is 36.7 Å². The molecular weight excluding hydrogens is 423 g/mol. The highest BCUT2D eigenvalue weighted by atomic mass is 19.4. The summed E-state index contributed by atoms with van der Waals surface area (Å²) >= 11 is 0. The molecule has 9 heteroatoms. The van der Waals surface area contributed by atoms with Crippen molar-refractivity contribution in [1.82, 2.24) is 9.13 Å². The molecule has 1 atom stereocenters. The Morgan fingerprint density at radius 1 is 0.906 bits per heavy atom. The molecule has 2 aromatic carbocycles. The highest BCUT2D eigenvalue weighted by molar-refractivity contribution is 6.23. The number of rotatable bonds is 1. The minimum absolute atomic E-state index is 0.0498. The molecule has 0 spiro atoms. The molecule has 1 aromatic heterocycles. The van der Waals surface area contributed by atoms with Gasteiger partial charge < -0.3 is 5.32 Å². The molecule has 3 aromatic rings. The zero-order chi connectivity index (χ0) is 22.9. The molecule has 1 aliphatic heterocycles. The summed E-state index contributed by atoms with van der Waals surface area (Å²) in [5.41, 5.74) is -0.418. The van der Waals surface area contributed by atoms with E-state index < -0.39 is 28.9 Å². The Balaban J connectivity index is 1.87. The van der Waals surface area contributed by atoms with Crippen LogP contribution >= 0.6 is 0 Å². The zero-order valence-electron chi connectivity index (χ0n) is 16.9. The second-order valence-corrected chi connectivity index (χ2v) is 7.81. The molecule has 0 saturated carbocycles. The number of halogens is 3. The highest BCUT2D eigenvalue weighted by Gasteiger charge is 2.43. The average Bonchev–Trinajstić information content (AvgIpc) is 3.06. The Morgan fingerprint density at radius 2 is 1.59 bits per heavy atom. The lowest BCUT2D eigenvalue weighted by atomic mass is 9.81. The van der Waals surface area contributed by atoms with Crippen molar-refractivity contribution >= 4 is 17.3 Å². The van der Waals surface area contributed by atoms with Gasteiger partial charge in [-0.2, -0.15) is 13.2 Å². The van der Waals surface area contributed by atoms with E-state index in [2.05, 4.69) is 5.32 Å². The predicted molar refractivity (Wildman–Crippen MR) is 112 cm³/mol. The monoisotopic (exact) mass is 439 g/mol. The van der Waals surface area contributed by atoms with Crippen molar-refractivity contribution in [2.75, 3.05) is 5.32 Å². The second-order valence-electron chi connectivity index (χ2n) is 7.81. The maximum Gasteiger partial charge on any atom is 0.416 e. The number of allylic oxidation sites excluding steroid dienone is 1. The lowest BCUT2D eigenvalue weighted by Gasteiger charge is -2.30. The number of alkyl halides is 3. The van der Waals surface area contributed by atoms with Crippen LogP contribution in [0, 0.1) is 0 Å². The van der Waals surface area contributed by atoms with Crippen LogP contribution < -0.4 is 16.6 Å². The van der Waals surface area contributed by atoms with Gasteiger partial charge in [-0.3, -0.25) is 18.7 Å². The van der Waals surface area contributed by atoms with E-state index in [0.29, 0.717) is 16.8 Å². The van der Waals surface area contributed by atoms with Crippen molar-refractivity contribution in [3.8, 4) is 0 Å². The fourth-order valence-corrected chi connectivity index (χ4v) is 4.49. The molecule has 6 nitrogen and oxygen atoms in total. The largest absolute Gasteiger partial charge is 0.416 e. The number of anilines is 1. The minimum Gasteiger partial charge on any atom is -0.340 e. The SMILES string of the molecule is Cn1c2c(c(=O)n(C)c1=O)C(c1cccc(C(F)(F)F)c1)C1=C(N2)c2ccccc2C1=O. The van der Waals surface area contributed by atoms with Crippen LogP contribution in [0.1, 0.15) is 38.5 Å². The number of carbonyl (C=O) groups is 1. The third-order valence-corrected chi connectivity index (χ3v) is 6.02. The summed E-state index contributed by atoms with van der Waals surface area (Å²) < 4.78 is 42.5. The molecule has 0 amide bonds. The van der Waals surface area contributed by atoms with E-state index in [1.54, 1.807) is 24.3 Å². The van der Waals surface area contributed by atoms with Crippen molar-refractivity contribution < 1.29 is 18.0 Å². The number of carbonyl (C=O) groups excluding carboxylic acids is 1. The van der Waals surface area contributed by atoms with Crippen LogP contribution in [0.25, 0.3) is 5.70 Å². The Bertz CT molecular complexity index is 1480. The number of nitrogens with one attached hydrogen (secondary N) is 1. The van der Waals surface area contributed by atoms with E-state index in [4.69, 9.17) is 0 Å². The number of fused-ring (bicyclic) bond motifs is 3. The summed E-state index contributed by atoms with van der Waals surface area (Å²) in [4.78, 5) is 39.1. The summed E-state index contributed by atoms with van der Waals surface area (Å²) in [7, 11) is 2.76. The van der Waals surface area contributed by atoms with Crippen LogP contribution in [0.15, 0.2) is 63.7 Å². The molecule has 5 rings (SSSR count). The number of aromatic nitrogens is 2. The van der Waals surface area contributed by atoms with Gasteiger partial charge >= 0.3 is 11.9 Å². The van der Waals surface area contributed by atoms with Gasteiger partial charge in [0.25, 0.3) is 5.56 Å². The first kappa shape index (κ1) is 20.0. The van der Waals surface area contributed by atoms with Gasteiger partial charge in [-0.15, -0.1) is 0 Å². The number of hydrogen-bond donors (Lipinski definition) is 1. The molecule has 162 valence electrons. The van der Waals surface area contributed by atoms with Crippen molar-refractivity contribution in [2.24, 2.45) is 14.1 Å². The fourth-order valence-electron chi connectivity index (χ4n) is 4.49. The summed E-state index contributed by atoms with van der Waals surface area (Å²) in [6.45, 7) is 0. The first-order valence-electron chi connectivity index (χ1n) is 9.73. The van der Waals surface area contributed by atoms with Crippen molar-refractivity contribution in [2.45, 2.75) is 12.1 Å². The van der Waals surface area contributed by atoms with Crippen LogP contribution in [-0.2, 0) is 20.3 Å². The first-order valence-corrected chi connectivity index (χ1v) is 9.73. The zero-order valence-corrected chi connectivity index (χ0v) is 16.9. The third-order valence-electron chi connectivity index (χ3n) is 6.02. The maximum absolute atomic E-state index is 13.4. The van der Waals surface area contributed by atoms with Crippen LogP contribution in [0.3, 0.4) is 0 Å². The summed E-state index contributed by atoms with van der Waals surface area (Å²) in [6.07, 6.45) is -4.60. The van der Waals surface area contributed by atoms with E-state index in [0.717, 1.165) is 16.7 Å². The van der Waals surface area contributed by atoms with Gasteiger partial charge in [-0.05, 0) is 11.6 Å². The molecular formula is C23H16F3N3O3. The number of benzene rings is 2. The van der Waals surface area contributed by atoms with Gasteiger partial charge in [0.2, 0.25) is 0 Å². The van der Waals surface area contributed by atoms with Crippen LogP contribution in [0.2, 0.25) is 0 Å². The topological polar surface area (TPSA) is 73.1 Å². The first-order chi connectivity index (χ1) is 15.1. The van der Waals surface area contributed by atoms with Gasteiger partial charge in [-0.25, -0.2) is 4.79 Å². The average molecular weight is 439 g/mol. The number of Topliss-reactive ketones (excluding diaryl/α,β-unsaturated/α-hetero) is 1. The quantitative estimate of drug-likeness (QED) is 0.632. The van der Waals surface area contributed by atoms with Crippen molar-refractivity contribution in [1.29, 1.82) is 0 Å². The predicted octanol–water partition coefficient (Wildman–Crippen LogP) is 3.27. The summed E-state index contributed by atoms with van der Waals surface area (Å²) in [5, 5.41) is 3.05. The lowest BCUT2D eigenvalue weighted by Crippen LogP contribution is -2.42. The van der Waals surface area contributed by atoms with E-state index in [-0.39, 0.29) is 28.3 Å². The number of hydrogen-bond acceptors (Lipinski definition) is 4. The van der Waals surface area contributed by atoms with Crippen molar-refractivity contribution in [3.63, 3.8) is 0 Å². The maximum atomic E-state index is 13.4. The molecule has 1 aliphatic carbocycles. The number of ketones is 1. The van der Waals surface area contributed by atoms with Gasteiger partial charge in [0.15, 0.2) is 5.78 Å². The Labute approximate surface area is 179 Å². The van der Waals surface area contributed by atoms with E-state index >= 15 is 0 Å². The molecule has 2 heterocycles. The van der Waals surface area contributed by atoms with Crippen molar-refractivity contribution in [3.05, 3.63) is 103 Å². The molecule has 0 radical (unpaired) electrons. The van der Waals surface area contributed by atoms with Gasteiger partial charge in [0.1, 0.15) is 5.82 Å². The molecule has 1 unspecified atom stereocenters. The van der Waals surface area contributed by atoms with Crippen LogP contribution in [-0.4, -0.2) is 14.9 Å². The van der Waals surface area contributed by atoms with Crippen LogP contribution in [0.5, 0.6) is 0 Å². The minimum atomic E-state index is -4.60. The normalized spacial score (nSPS) is 17.0. The Hall–Kier alpha value is -3.88.